The van der Waals surface area contributed by atoms with Gasteiger partial charge in [0, 0.05) is 17.9 Å². The molecule has 172 valence electrons. The van der Waals surface area contributed by atoms with Gasteiger partial charge in [-0.2, -0.15) is 0 Å². The van der Waals surface area contributed by atoms with E-state index in [-0.39, 0.29) is 31.9 Å². The number of carbonyl (C=O) groups is 4. The molecule has 0 spiro atoms. The Bertz CT molecular complexity index is 1100. The second-order valence-electron chi connectivity index (χ2n) is 8.18. The van der Waals surface area contributed by atoms with E-state index >= 15 is 0 Å². The maximum atomic E-state index is 13.6. The predicted molar refractivity (Wildman–Crippen MR) is 118 cm³/mol. The minimum absolute atomic E-state index is 0.0218. The van der Waals surface area contributed by atoms with Crippen LogP contribution in [0.1, 0.15) is 24.0 Å². The number of carbonyl (C=O) groups excluding carboxylic acids is 3. The fourth-order valence-corrected chi connectivity index (χ4v) is 4.00. The first-order valence-electron chi connectivity index (χ1n) is 10.6. The van der Waals surface area contributed by atoms with Crippen molar-refractivity contribution in [2.24, 2.45) is 5.41 Å². The third kappa shape index (κ3) is 4.58. The molecule has 1 saturated carbocycles. The standard InChI is InChI=1S/C24H24N2O7/c1-16-13-18(7-8-19(16)25-11-12-32-15-20(25)27)26(14-17-5-3-2-4-6-17)21(28)24(9-10-24)22(29)33-23(30)31/h2-8,13H,9-12,14-15H2,1H3,(H,30,31). The molecule has 0 unspecified atom stereocenters. The minimum atomic E-state index is -1.73. The topological polar surface area (TPSA) is 113 Å². The summed E-state index contributed by atoms with van der Waals surface area (Å²) >= 11 is 0. The van der Waals surface area contributed by atoms with Gasteiger partial charge in [-0.1, -0.05) is 30.3 Å². The zero-order valence-electron chi connectivity index (χ0n) is 18.2. The Morgan fingerprint density at radius 2 is 1.88 bits per heavy atom. The van der Waals surface area contributed by atoms with Crippen LogP contribution in [0.3, 0.4) is 0 Å². The van der Waals surface area contributed by atoms with Gasteiger partial charge in [0.05, 0.1) is 13.2 Å². The number of hydrogen-bond donors (Lipinski definition) is 1. The van der Waals surface area contributed by atoms with Gasteiger partial charge in [-0.15, -0.1) is 0 Å². The lowest BCUT2D eigenvalue weighted by molar-refractivity contribution is -0.149. The third-order valence-electron chi connectivity index (χ3n) is 5.93. The van der Waals surface area contributed by atoms with Gasteiger partial charge in [0.25, 0.3) is 5.91 Å². The molecule has 1 N–H and O–H groups in total. The largest absolute Gasteiger partial charge is 0.513 e. The zero-order chi connectivity index (χ0) is 23.6. The van der Waals surface area contributed by atoms with Crippen molar-refractivity contribution in [3.05, 3.63) is 59.7 Å². The van der Waals surface area contributed by atoms with Gasteiger partial charge in [0.15, 0.2) is 0 Å². The fourth-order valence-electron chi connectivity index (χ4n) is 4.00. The van der Waals surface area contributed by atoms with E-state index in [0.29, 0.717) is 18.8 Å². The van der Waals surface area contributed by atoms with Gasteiger partial charge in [-0.3, -0.25) is 14.4 Å². The molecule has 1 aliphatic heterocycles. The molecular weight excluding hydrogens is 428 g/mol. The summed E-state index contributed by atoms with van der Waals surface area (Å²) in [4.78, 5) is 52.3. The van der Waals surface area contributed by atoms with Gasteiger partial charge >= 0.3 is 12.1 Å². The molecular formula is C24H24N2O7. The summed E-state index contributed by atoms with van der Waals surface area (Å²) in [5.41, 5.74) is 1.40. The first-order valence-corrected chi connectivity index (χ1v) is 10.6. The number of nitrogens with zero attached hydrogens (tertiary/aromatic N) is 2. The van der Waals surface area contributed by atoms with E-state index in [4.69, 9.17) is 9.84 Å². The lowest BCUT2D eigenvalue weighted by Gasteiger charge is -2.30. The summed E-state index contributed by atoms with van der Waals surface area (Å²) < 4.78 is 9.54. The van der Waals surface area contributed by atoms with Crippen molar-refractivity contribution in [3.63, 3.8) is 0 Å². The van der Waals surface area contributed by atoms with Crippen molar-refractivity contribution in [1.29, 1.82) is 0 Å². The highest BCUT2D eigenvalue weighted by Gasteiger charge is 2.60. The molecule has 0 radical (unpaired) electrons. The van der Waals surface area contributed by atoms with Crippen LogP contribution >= 0.6 is 0 Å². The van der Waals surface area contributed by atoms with Crippen LogP contribution in [0.4, 0.5) is 16.2 Å². The molecule has 2 aromatic carbocycles. The van der Waals surface area contributed by atoms with E-state index < -0.39 is 23.4 Å². The lowest BCUT2D eigenvalue weighted by atomic mass is 10.0. The number of benzene rings is 2. The highest BCUT2D eigenvalue weighted by Crippen LogP contribution is 2.49. The van der Waals surface area contributed by atoms with Crippen LogP contribution in [0.2, 0.25) is 0 Å². The van der Waals surface area contributed by atoms with Crippen LogP contribution in [0.15, 0.2) is 48.5 Å². The van der Waals surface area contributed by atoms with Crippen molar-refractivity contribution < 1.29 is 33.8 Å². The molecule has 0 aromatic heterocycles. The lowest BCUT2D eigenvalue weighted by Crippen LogP contribution is -2.43. The Morgan fingerprint density at radius 1 is 1.15 bits per heavy atom. The summed E-state index contributed by atoms with van der Waals surface area (Å²) in [6.45, 7) is 2.94. The van der Waals surface area contributed by atoms with E-state index in [9.17, 15) is 19.2 Å². The summed E-state index contributed by atoms with van der Waals surface area (Å²) in [5, 5.41) is 8.85. The molecule has 2 fully saturated rings. The molecule has 2 aliphatic rings. The molecule has 0 atom stereocenters. The SMILES string of the molecule is Cc1cc(N(Cc2ccccc2)C(=O)C2(C(=O)OC(=O)O)CC2)ccc1N1CCOCC1=O. The quantitative estimate of drug-likeness (QED) is 0.530. The molecule has 2 amide bonds. The van der Waals surface area contributed by atoms with Crippen LogP contribution in [0.5, 0.6) is 0 Å². The number of esters is 1. The molecule has 9 nitrogen and oxygen atoms in total. The van der Waals surface area contributed by atoms with E-state index in [2.05, 4.69) is 4.74 Å². The second kappa shape index (κ2) is 9.03. The smallest absolute Gasteiger partial charge is 0.449 e. The van der Waals surface area contributed by atoms with E-state index in [1.807, 2.05) is 37.3 Å². The van der Waals surface area contributed by atoms with Crippen molar-refractivity contribution in [3.8, 4) is 0 Å². The Balaban J connectivity index is 1.67. The Hall–Kier alpha value is -3.72. The van der Waals surface area contributed by atoms with Crippen LogP contribution in [-0.4, -0.2) is 48.8 Å². The normalized spacial score (nSPS) is 16.8. The Morgan fingerprint density at radius 3 is 2.48 bits per heavy atom. The van der Waals surface area contributed by atoms with Gasteiger partial charge in [0.1, 0.15) is 12.0 Å². The van der Waals surface area contributed by atoms with Crippen molar-refractivity contribution >= 4 is 35.3 Å². The third-order valence-corrected chi connectivity index (χ3v) is 5.93. The van der Waals surface area contributed by atoms with E-state index in [1.165, 1.54) is 4.90 Å². The Kier molecular flexibility index (Phi) is 6.15. The molecule has 1 heterocycles. The summed E-state index contributed by atoms with van der Waals surface area (Å²) in [6.07, 6.45) is -1.28. The van der Waals surface area contributed by atoms with Crippen molar-refractivity contribution in [1.82, 2.24) is 0 Å². The average molecular weight is 452 g/mol. The summed E-state index contributed by atoms with van der Waals surface area (Å²) in [6, 6.07) is 14.6. The van der Waals surface area contributed by atoms with Crippen molar-refractivity contribution in [2.75, 3.05) is 29.6 Å². The molecule has 1 aliphatic carbocycles. The number of amides is 2. The molecule has 1 saturated heterocycles. The van der Waals surface area contributed by atoms with Crippen LogP contribution < -0.4 is 9.80 Å². The monoisotopic (exact) mass is 452 g/mol. The number of anilines is 2. The van der Waals surface area contributed by atoms with E-state index in [1.54, 1.807) is 23.1 Å². The molecule has 2 aromatic rings. The van der Waals surface area contributed by atoms with Crippen LogP contribution in [0, 0.1) is 12.3 Å². The number of hydrogen-bond acceptors (Lipinski definition) is 6. The molecule has 33 heavy (non-hydrogen) atoms. The highest BCUT2D eigenvalue weighted by atomic mass is 16.7. The maximum Gasteiger partial charge on any atom is 0.513 e. The fraction of sp³-hybridized carbons (Fsp3) is 0.333. The van der Waals surface area contributed by atoms with Gasteiger partial charge < -0.3 is 24.4 Å². The number of rotatable bonds is 6. The van der Waals surface area contributed by atoms with Gasteiger partial charge in [-0.25, -0.2) is 4.79 Å². The van der Waals surface area contributed by atoms with Crippen LogP contribution in [0.25, 0.3) is 0 Å². The molecule has 4 rings (SSSR count). The number of morpholine rings is 1. The van der Waals surface area contributed by atoms with Gasteiger partial charge in [0.2, 0.25) is 5.91 Å². The summed E-state index contributed by atoms with van der Waals surface area (Å²) in [5.74, 6) is -1.69. The van der Waals surface area contributed by atoms with Crippen molar-refractivity contribution in [2.45, 2.75) is 26.3 Å². The Labute approximate surface area is 190 Å². The molecule has 0 bridgehead atoms. The zero-order valence-corrected chi connectivity index (χ0v) is 18.2. The molecule has 9 heteroatoms. The first-order chi connectivity index (χ1) is 15.8. The van der Waals surface area contributed by atoms with Crippen LogP contribution in [-0.2, 0) is 30.4 Å². The number of aryl methyl sites for hydroxylation is 1. The first kappa shape index (κ1) is 22.5. The van der Waals surface area contributed by atoms with E-state index in [0.717, 1.165) is 16.8 Å². The number of carboxylic acid groups (broad SMARTS) is 1. The summed E-state index contributed by atoms with van der Waals surface area (Å²) in [7, 11) is 0. The minimum Gasteiger partial charge on any atom is -0.449 e. The highest BCUT2D eigenvalue weighted by molar-refractivity contribution is 6.13. The predicted octanol–water partition coefficient (Wildman–Crippen LogP) is 2.89. The number of ether oxygens (including phenoxy) is 2. The van der Waals surface area contributed by atoms with Gasteiger partial charge in [-0.05, 0) is 49.1 Å². The maximum absolute atomic E-state index is 13.6. The average Bonchev–Trinajstić information content (AvgIpc) is 3.60. The second-order valence-corrected chi connectivity index (χ2v) is 8.18.